The number of hydrogen-bond acceptors (Lipinski definition) is 6. The molecule has 2 aromatic rings. The Labute approximate surface area is 140 Å². The van der Waals surface area contributed by atoms with Crippen LogP contribution in [0.1, 0.15) is 18.7 Å². The van der Waals surface area contributed by atoms with Gasteiger partial charge in [-0.3, -0.25) is 4.79 Å². The molecule has 1 aliphatic heterocycles. The van der Waals surface area contributed by atoms with Gasteiger partial charge in [0.15, 0.2) is 9.84 Å². The minimum atomic E-state index is -2.91. The highest BCUT2D eigenvalue weighted by Crippen LogP contribution is 2.17. The van der Waals surface area contributed by atoms with Crippen molar-refractivity contribution in [3.05, 3.63) is 36.2 Å². The van der Waals surface area contributed by atoms with Crippen molar-refractivity contribution in [1.29, 1.82) is 0 Å². The number of hydrogen-bond donors (Lipinski definition) is 1. The largest absolute Gasteiger partial charge is 0.356 e. The van der Waals surface area contributed by atoms with Gasteiger partial charge in [0.25, 0.3) is 0 Å². The van der Waals surface area contributed by atoms with Crippen molar-refractivity contribution in [1.82, 2.24) is 15.5 Å². The lowest BCUT2D eigenvalue weighted by Gasteiger charge is -2.08. The van der Waals surface area contributed by atoms with E-state index < -0.39 is 9.84 Å². The molecule has 0 spiro atoms. The van der Waals surface area contributed by atoms with E-state index in [1.165, 1.54) is 0 Å². The smallest absolute Gasteiger partial charge is 0.227 e. The summed E-state index contributed by atoms with van der Waals surface area (Å²) >= 11 is 0. The van der Waals surface area contributed by atoms with Crippen molar-refractivity contribution in [2.75, 3.05) is 18.1 Å². The van der Waals surface area contributed by atoms with Crippen LogP contribution in [0.3, 0.4) is 0 Å². The Bertz CT molecular complexity index is 802. The molecule has 1 N–H and O–H groups in total. The molecule has 0 aliphatic carbocycles. The van der Waals surface area contributed by atoms with E-state index in [0.717, 1.165) is 5.56 Å². The highest BCUT2D eigenvalue weighted by molar-refractivity contribution is 7.91. The minimum absolute atomic E-state index is 0.0204. The molecular weight excluding hydrogens is 330 g/mol. The molecule has 7 nitrogen and oxygen atoms in total. The fourth-order valence-corrected chi connectivity index (χ4v) is 4.52. The van der Waals surface area contributed by atoms with Gasteiger partial charge in [-0.05, 0) is 12.3 Å². The second kappa shape index (κ2) is 7.12. The van der Waals surface area contributed by atoms with Crippen LogP contribution in [0.25, 0.3) is 11.4 Å². The van der Waals surface area contributed by atoms with Crippen LogP contribution in [0.15, 0.2) is 34.9 Å². The van der Waals surface area contributed by atoms with E-state index in [1.54, 1.807) is 0 Å². The molecule has 1 aromatic heterocycles. The Hall–Kier alpha value is -2.22. The van der Waals surface area contributed by atoms with Gasteiger partial charge in [0.1, 0.15) is 0 Å². The number of carbonyl (C=O) groups is 1. The molecule has 1 atom stereocenters. The molecule has 0 radical (unpaired) electrons. The first kappa shape index (κ1) is 16.6. The van der Waals surface area contributed by atoms with Crippen LogP contribution in [0.4, 0.5) is 0 Å². The Morgan fingerprint density at radius 1 is 1.29 bits per heavy atom. The summed E-state index contributed by atoms with van der Waals surface area (Å²) in [5, 5.41) is 6.68. The normalized spacial score (nSPS) is 19.2. The van der Waals surface area contributed by atoms with Crippen LogP contribution in [0.5, 0.6) is 0 Å². The Kier molecular flexibility index (Phi) is 4.94. The number of nitrogens with zero attached hydrogens (tertiary/aromatic N) is 2. The summed E-state index contributed by atoms with van der Waals surface area (Å²) in [5.74, 6) is 1.18. The average Bonchev–Trinajstić information content (AvgIpc) is 3.18. The summed E-state index contributed by atoms with van der Waals surface area (Å²) < 4.78 is 27.9. The van der Waals surface area contributed by atoms with Crippen molar-refractivity contribution in [2.45, 2.75) is 19.3 Å². The third-order valence-electron chi connectivity index (χ3n) is 3.98. The van der Waals surface area contributed by atoms with E-state index in [1.807, 2.05) is 30.3 Å². The molecule has 0 unspecified atom stereocenters. The van der Waals surface area contributed by atoms with Crippen LogP contribution < -0.4 is 5.32 Å². The van der Waals surface area contributed by atoms with Gasteiger partial charge >= 0.3 is 0 Å². The first-order valence-corrected chi connectivity index (χ1v) is 9.69. The van der Waals surface area contributed by atoms with Gasteiger partial charge in [-0.2, -0.15) is 4.98 Å². The summed E-state index contributed by atoms with van der Waals surface area (Å²) in [6.07, 6.45) is 1.21. The molecule has 1 amide bonds. The lowest BCUT2D eigenvalue weighted by atomic mass is 10.1. The molecule has 2 heterocycles. The first-order valence-electron chi connectivity index (χ1n) is 7.87. The number of benzene rings is 1. The van der Waals surface area contributed by atoms with Gasteiger partial charge < -0.3 is 9.84 Å². The first-order chi connectivity index (χ1) is 11.5. The zero-order chi connectivity index (χ0) is 17.0. The molecule has 0 bridgehead atoms. The number of aromatic nitrogens is 2. The minimum Gasteiger partial charge on any atom is -0.356 e. The van der Waals surface area contributed by atoms with Gasteiger partial charge in [0.05, 0.1) is 11.5 Å². The lowest BCUT2D eigenvalue weighted by molar-refractivity contribution is -0.121. The van der Waals surface area contributed by atoms with Crippen LogP contribution in [0.2, 0.25) is 0 Å². The second-order valence-corrected chi connectivity index (χ2v) is 8.18. The van der Waals surface area contributed by atoms with Crippen molar-refractivity contribution >= 4 is 15.7 Å². The van der Waals surface area contributed by atoms with Gasteiger partial charge in [0, 0.05) is 24.9 Å². The number of sulfone groups is 1. The SMILES string of the molecule is O=C(CCc1nc(-c2ccccc2)no1)NC[C@@H]1CCS(=O)(=O)C1. The summed E-state index contributed by atoms with van der Waals surface area (Å²) in [6, 6.07) is 9.46. The molecule has 1 aromatic carbocycles. The number of aryl methyl sites for hydroxylation is 1. The molecule has 128 valence electrons. The topological polar surface area (TPSA) is 102 Å². The third-order valence-corrected chi connectivity index (χ3v) is 5.82. The monoisotopic (exact) mass is 349 g/mol. The zero-order valence-electron chi connectivity index (χ0n) is 13.1. The number of amides is 1. The van der Waals surface area contributed by atoms with Gasteiger partial charge in [-0.25, -0.2) is 8.42 Å². The van der Waals surface area contributed by atoms with Crippen LogP contribution in [-0.2, 0) is 21.1 Å². The summed E-state index contributed by atoms with van der Waals surface area (Å²) in [6.45, 7) is 0.400. The molecule has 24 heavy (non-hydrogen) atoms. The maximum absolute atomic E-state index is 11.9. The lowest BCUT2D eigenvalue weighted by Crippen LogP contribution is -2.29. The predicted molar refractivity (Wildman–Crippen MR) is 87.8 cm³/mol. The Balaban J connectivity index is 1.44. The maximum Gasteiger partial charge on any atom is 0.227 e. The van der Waals surface area contributed by atoms with E-state index in [-0.39, 0.29) is 29.8 Å². The fraction of sp³-hybridized carbons (Fsp3) is 0.438. The molecular formula is C16H19N3O4S. The Morgan fingerprint density at radius 3 is 2.79 bits per heavy atom. The molecule has 1 saturated heterocycles. The fourth-order valence-electron chi connectivity index (χ4n) is 2.66. The number of carbonyl (C=O) groups excluding carboxylic acids is 1. The van der Waals surface area contributed by atoms with Gasteiger partial charge in [0.2, 0.25) is 17.6 Å². The van der Waals surface area contributed by atoms with Crippen molar-refractivity contribution < 1.29 is 17.7 Å². The molecule has 8 heteroatoms. The maximum atomic E-state index is 11.9. The zero-order valence-corrected chi connectivity index (χ0v) is 14.0. The average molecular weight is 349 g/mol. The Morgan fingerprint density at radius 2 is 2.08 bits per heavy atom. The van der Waals surface area contributed by atoms with Crippen LogP contribution >= 0.6 is 0 Å². The quantitative estimate of drug-likeness (QED) is 0.841. The highest BCUT2D eigenvalue weighted by Gasteiger charge is 2.27. The number of rotatable bonds is 6. The molecule has 1 aliphatic rings. The van der Waals surface area contributed by atoms with E-state index in [2.05, 4.69) is 15.5 Å². The predicted octanol–water partition coefficient (Wildman–Crippen LogP) is 1.22. The molecule has 0 saturated carbocycles. The summed E-state index contributed by atoms with van der Waals surface area (Å²) in [7, 11) is -2.91. The van der Waals surface area contributed by atoms with E-state index in [4.69, 9.17) is 4.52 Å². The van der Waals surface area contributed by atoms with Crippen LogP contribution in [0, 0.1) is 5.92 Å². The number of nitrogens with one attached hydrogen (secondary N) is 1. The van der Waals surface area contributed by atoms with Crippen molar-refractivity contribution in [3.8, 4) is 11.4 Å². The molecule has 3 rings (SSSR count). The summed E-state index contributed by atoms with van der Waals surface area (Å²) in [5.41, 5.74) is 0.861. The third kappa shape index (κ3) is 4.41. The van der Waals surface area contributed by atoms with Crippen molar-refractivity contribution in [2.24, 2.45) is 5.92 Å². The van der Waals surface area contributed by atoms with E-state index in [9.17, 15) is 13.2 Å². The van der Waals surface area contributed by atoms with Crippen molar-refractivity contribution in [3.63, 3.8) is 0 Å². The van der Waals surface area contributed by atoms with Gasteiger partial charge in [-0.1, -0.05) is 35.5 Å². The van der Waals surface area contributed by atoms with Crippen LogP contribution in [-0.4, -0.2) is 42.5 Å². The van der Waals surface area contributed by atoms with Gasteiger partial charge in [-0.15, -0.1) is 0 Å². The molecule has 1 fully saturated rings. The van der Waals surface area contributed by atoms with E-state index in [0.29, 0.717) is 31.1 Å². The highest BCUT2D eigenvalue weighted by atomic mass is 32.2. The summed E-state index contributed by atoms with van der Waals surface area (Å²) in [4.78, 5) is 16.1. The van der Waals surface area contributed by atoms with E-state index >= 15 is 0 Å². The second-order valence-electron chi connectivity index (χ2n) is 5.95. The standard InChI is InChI=1S/C16H19N3O4S/c20-14(17-10-12-8-9-24(21,22)11-12)6-7-15-18-16(19-23-15)13-4-2-1-3-5-13/h1-5,12H,6-11H2,(H,17,20)/t12-/m0/s1.